The molecule has 18 heavy (non-hydrogen) atoms. The van der Waals surface area contributed by atoms with Crippen molar-refractivity contribution in [3.8, 4) is 0 Å². The fourth-order valence-corrected chi connectivity index (χ4v) is 3.46. The van der Waals surface area contributed by atoms with Gasteiger partial charge in [0.1, 0.15) is 5.15 Å². The summed E-state index contributed by atoms with van der Waals surface area (Å²) in [6, 6.07) is 1.84. The molecule has 0 aromatic carbocycles. The predicted molar refractivity (Wildman–Crippen MR) is 70.4 cm³/mol. The number of carbonyl (C=O) groups is 1. The van der Waals surface area contributed by atoms with Crippen LogP contribution >= 0.6 is 11.6 Å². The Morgan fingerprint density at radius 3 is 2.94 bits per heavy atom. The van der Waals surface area contributed by atoms with Crippen LogP contribution in [0, 0.1) is 11.8 Å². The average molecular weight is 266 g/mol. The lowest BCUT2D eigenvalue weighted by atomic mass is 9.95. The van der Waals surface area contributed by atoms with Crippen molar-refractivity contribution < 1.29 is 4.79 Å². The van der Waals surface area contributed by atoms with Crippen LogP contribution < -0.4 is 11.1 Å². The van der Waals surface area contributed by atoms with Gasteiger partial charge in [-0.05, 0) is 37.2 Å². The molecule has 1 aromatic heterocycles. The Balaban J connectivity index is 1.73. The molecule has 0 saturated heterocycles. The Hall–Kier alpha value is -1.29. The first kappa shape index (κ1) is 11.8. The van der Waals surface area contributed by atoms with E-state index in [0.717, 1.165) is 12.3 Å². The third kappa shape index (κ3) is 2.05. The zero-order valence-electron chi connectivity index (χ0n) is 10.0. The Morgan fingerprint density at radius 2 is 2.28 bits per heavy atom. The van der Waals surface area contributed by atoms with Gasteiger partial charge in [0.25, 0.3) is 5.91 Å². The first-order valence-electron chi connectivity index (χ1n) is 6.35. The van der Waals surface area contributed by atoms with Crippen LogP contribution in [0.1, 0.15) is 36.0 Å². The number of carbonyl (C=O) groups excluding carboxylic acids is 1. The van der Waals surface area contributed by atoms with E-state index < -0.39 is 0 Å². The number of nitrogen functional groups attached to an aromatic ring is 1. The first-order valence-corrected chi connectivity index (χ1v) is 6.73. The van der Waals surface area contributed by atoms with E-state index in [0.29, 0.717) is 28.4 Å². The second-order valence-electron chi connectivity index (χ2n) is 5.35. The van der Waals surface area contributed by atoms with Crippen LogP contribution in [0.2, 0.25) is 5.15 Å². The second-order valence-corrected chi connectivity index (χ2v) is 5.74. The molecule has 3 N–H and O–H groups in total. The zero-order chi connectivity index (χ0) is 12.7. The largest absolute Gasteiger partial charge is 0.397 e. The minimum absolute atomic E-state index is 0.130. The molecule has 0 aliphatic heterocycles. The van der Waals surface area contributed by atoms with E-state index in [4.69, 9.17) is 17.3 Å². The van der Waals surface area contributed by atoms with Crippen molar-refractivity contribution in [2.24, 2.45) is 11.8 Å². The highest BCUT2D eigenvalue weighted by Gasteiger charge is 2.40. The Labute approximate surface area is 111 Å². The Kier molecular flexibility index (Phi) is 2.90. The van der Waals surface area contributed by atoms with E-state index in [1.54, 1.807) is 0 Å². The van der Waals surface area contributed by atoms with Crippen molar-refractivity contribution in [3.05, 3.63) is 23.0 Å². The van der Waals surface area contributed by atoms with Crippen molar-refractivity contribution >= 4 is 23.2 Å². The van der Waals surface area contributed by atoms with E-state index >= 15 is 0 Å². The topological polar surface area (TPSA) is 68.0 Å². The number of aromatic nitrogens is 1. The number of pyridine rings is 1. The molecule has 1 amide bonds. The third-order valence-corrected chi connectivity index (χ3v) is 4.41. The molecule has 1 aromatic rings. The number of nitrogens with one attached hydrogen (secondary N) is 1. The van der Waals surface area contributed by atoms with E-state index in [1.807, 2.05) is 0 Å². The maximum Gasteiger partial charge on any atom is 0.253 e. The summed E-state index contributed by atoms with van der Waals surface area (Å²) in [6.07, 6.45) is 6.35. The van der Waals surface area contributed by atoms with Gasteiger partial charge in [0.05, 0.1) is 17.4 Å². The van der Waals surface area contributed by atoms with Gasteiger partial charge in [0.15, 0.2) is 0 Å². The first-order chi connectivity index (χ1) is 8.63. The number of nitrogens with two attached hydrogens (primary N) is 1. The third-order valence-electron chi connectivity index (χ3n) is 4.20. The van der Waals surface area contributed by atoms with Gasteiger partial charge in [-0.1, -0.05) is 18.0 Å². The lowest BCUT2D eigenvalue weighted by Crippen LogP contribution is -2.38. The molecule has 2 aliphatic rings. The van der Waals surface area contributed by atoms with Gasteiger partial charge in [-0.2, -0.15) is 0 Å². The molecule has 3 rings (SSSR count). The molecule has 96 valence electrons. The number of halogens is 1. The molecular formula is C13H16ClN3O. The molecule has 3 atom stereocenters. The highest BCUT2D eigenvalue weighted by Crippen LogP contribution is 2.44. The van der Waals surface area contributed by atoms with Crippen LogP contribution in [-0.4, -0.2) is 16.9 Å². The van der Waals surface area contributed by atoms with Crippen LogP contribution in [0.15, 0.2) is 12.3 Å². The van der Waals surface area contributed by atoms with Crippen LogP contribution in [0.4, 0.5) is 5.69 Å². The van der Waals surface area contributed by atoms with Crippen molar-refractivity contribution in [2.45, 2.75) is 31.7 Å². The van der Waals surface area contributed by atoms with E-state index in [9.17, 15) is 4.79 Å². The maximum absolute atomic E-state index is 12.2. The number of anilines is 1. The van der Waals surface area contributed by atoms with Crippen LogP contribution in [0.3, 0.4) is 0 Å². The van der Waals surface area contributed by atoms with Gasteiger partial charge in [-0.3, -0.25) is 4.79 Å². The highest BCUT2D eigenvalue weighted by atomic mass is 35.5. The predicted octanol–water partition coefficient (Wildman–Crippen LogP) is 2.24. The van der Waals surface area contributed by atoms with Crippen molar-refractivity contribution in [1.29, 1.82) is 0 Å². The number of amides is 1. The standard InChI is InChI=1S/C13H16ClN3O/c14-12-5-9(10(15)6-16-12)13(18)17-11-4-7-1-2-8(11)3-7/h5-8,11H,1-4,15H2,(H,17,18). The van der Waals surface area contributed by atoms with Crippen LogP contribution in [0.25, 0.3) is 0 Å². The molecule has 3 unspecified atom stereocenters. The van der Waals surface area contributed by atoms with Gasteiger partial charge in [-0.15, -0.1) is 0 Å². The minimum atomic E-state index is -0.130. The summed E-state index contributed by atoms with van der Waals surface area (Å²) in [4.78, 5) is 16.0. The quantitative estimate of drug-likeness (QED) is 0.806. The Morgan fingerprint density at radius 1 is 1.44 bits per heavy atom. The van der Waals surface area contributed by atoms with Gasteiger partial charge in [-0.25, -0.2) is 4.98 Å². The number of hydrogen-bond donors (Lipinski definition) is 2. The molecule has 0 spiro atoms. The number of fused-ring (bicyclic) bond motifs is 2. The number of hydrogen-bond acceptors (Lipinski definition) is 3. The zero-order valence-corrected chi connectivity index (χ0v) is 10.8. The lowest BCUT2D eigenvalue weighted by molar-refractivity contribution is 0.0923. The SMILES string of the molecule is Nc1cnc(Cl)cc1C(=O)NC1CC2CCC1C2. The normalized spacial score (nSPS) is 29.5. The molecular weight excluding hydrogens is 250 g/mol. The molecule has 5 heteroatoms. The summed E-state index contributed by atoms with van der Waals surface area (Å²) in [5.74, 6) is 1.32. The molecule has 2 bridgehead atoms. The summed E-state index contributed by atoms with van der Waals surface area (Å²) in [6.45, 7) is 0. The summed E-state index contributed by atoms with van der Waals surface area (Å²) in [5, 5.41) is 3.38. The highest BCUT2D eigenvalue weighted by molar-refractivity contribution is 6.29. The lowest BCUT2D eigenvalue weighted by Gasteiger charge is -2.23. The van der Waals surface area contributed by atoms with E-state index in [2.05, 4.69) is 10.3 Å². The van der Waals surface area contributed by atoms with Crippen LogP contribution in [-0.2, 0) is 0 Å². The van der Waals surface area contributed by atoms with Crippen molar-refractivity contribution in [2.75, 3.05) is 5.73 Å². The maximum atomic E-state index is 12.2. The Bertz CT molecular complexity index is 491. The minimum Gasteiger partial charge on any atom is -0.397 e. The monoisotopic (exact) mass is 265 g/mol. The molecule has 4 nitrogen and oxygen atoms in total. The van der Waals surface area contributed by atoms with Gasteiger partial charge < -0.3 is 11.1 Å². The summed E-state index contributed by atoms with van der Waals surface area (Å²) in [5.41, 5.74) is 6.56. The summed E-state index contributed by atoms with van der Waals surface area (Å²) >= 11 is 5.79. The summed E-state index contributed by atoms with van der Waals surface area (Å²) < 4.78 is 0. The molecule has 2 fully saturated rings. The van der Waals surface area contributed by atoms with Gasteiger partial charge >= 0.3 is 0 Å². The molecule has 2 saturated carbocycles. The summed E-state index contributed by atoms with van der Waals surface area (Å²) in [7, 11) is 0. The van der Waals surface area contributed by atoms with Crippen molar-refractivity contribution in [1.82, 2.24) is 10.3 Å². The molecule has 1 heterocycles. The van der Waals surface area contributed by atoms with Gasteiger partial charge in [0.2, 0.25) is 0 Å². The average Bonchev–Trinajstić information content (AvgIpc) is 2.94. The molecule has 2 aliphatic carbocycles. The van der Waals surface area contributed by atoms with Crippen molar-refractivity contribution in [3.63, 3.8) is 0 Å². The fourth-order valence-electron chi connectivity index (χ4n) is 3.30. The van der Waals surface area contributed by atoms with E-state index in [1.165, 1.54) is 31.5 Å². The van der Waals surface area contributed by atoms with E-state index in [-0.39, 0.29) is 5.91 Å². The number of rotatable bonds is 2. The second kappa shape index (κ2) is 4.43. The smallest absolute Gasteiger partial charge is 0.253 e. The molecule has 0 radical (unpaired) electrons. The fraction of sp³-hybridized carbons (Fsp3) is 0.538. The number of nitrogens with zero attached hydrogens (tertiary/aromatic N) is 1. The van der Waals surface area contributed by atoms with Crippen LogP contribution in [0.5, 0.6) is 0 Å². The van der Waals surface area contributed by atoms with Gasteiger partial charge in [0, 0.05) is 6.04 Å².